The monoisotopic (exact) mass is 731 g/mol. The molecule has 0 spiro atoms. The van der Waals surface area contributed by atoms with Crippen molar-refractivity contribution in [1.82, 2.24) is 9.97 Å². The molecule has 8 heteroatoms. The molecule has 0 aliphatic rings. The Labute approximate surface area is 207 Å². The van der Waals surface area contributed by atoms with Gasteiger partial charge in [-0.05, 0) is 113 Å². The Kier molecular flexibility index (Phi) is 8.54. The van der Waals surface area contributed by atoms with Crippen LogP contribution in [-0.4, -0.2) is 9.97 Å². The molecule has 2 aromatic carbocycles. The minimum Gasteiger partial charge on any atom is -0.383 e. The maximum atomic E-state index is 5.88. The summed E-state index contributed by atoms with van der Waals surface area (Å²) in [5.41, 5.74) is 7.54. The fraction of sp³-hybridized carbons (Fsp3) is 0.0526. The second-order valence-corrected chi connectivity index (χ2v) is 9.85. The number of anilines is 1. The Morgan fingerprint density at radius 3 is 1.81 bits per heavy atom. The van der Waals surface area contributed by atoms with Gasteiger partial charge < -0.3 is 5.73 Å². The van der Waals surface area contributed by atoms with Crippen LogP contribution in [-0.2, 0) is 0 Å². The molecule has 0 amide bonds. The van der Waals surface area contributed by atoms with Crippen LogP contribution in [0, 0.1) is 7.14 Å². The summed E-state index contributed by atoms with van der Waals surface area (Å²) in [7, 11) is 0. The lowest BCUT2D eigenvalue weighted by Crippen LogP contribution is -1.92. The third kappa shape index (κ3) is 5.88. The predicted molar refractivity (Wildman–Crippen MR) is 140 cm³/mol. The number of halogens is 5. The zero-order valence-corrected chi connectivity index (χ0v) is 21.2. The maximum Gasteiger partial charge on any atom is 0.143 e. The first-order chi connectivity index (χ1) is 12.3. The van der Waals surface area contributed by atoms with Gasteiger partial charge in [-0.2, -0.15) is 0 Å². The highest BCUT2D eigenvalue weighted by molar-refractivity contribution is 14.1. The molecule has 140 valence electrons. The van der Waals surface area contributed by atoms with E-state index in [0.29, 0.717) is 11.0 Å². The van der Waals surface area contributed by atoms with E-state index in [2.05, 4.69) is 87.0 Å². The molecule has 0 aliphatic heterocycles. The number of nitrogen functional groups attached to an aromatic ring is 1. The number of nitrogens with two attached hydrogens (primary N) is 1. The number of rotatable bonds is 0. The molecular weight excluding hydrogens is 719 g/mol. The highest BCUT2D eigenvalue weighted by Crippen LogP contribution is 2.26. The Hall–Kier alpha value is -0.230. The van der Waals surface area contributed by atoms with Crippen LogP contribution in [0.1, 0.15) is 7.43 Å². The van der Waals surface area contributed by atoms with E-state index in [9.17, 15) is 0 Å². The topological polar surface area (TPSA) is 51.8 Å². The highest BCUT2D eigenvalue weighted by atomic mass is 127. The predicted octanol–water partition coefficient (Wildman–Crippen LogP) is 8.08. The number of aromatic nitrogens is 2. The van der Waals surface area contributed by atoms with E-state index in [4.69, 9.17) is 17.3 Å². The van der Waals surface area contributed by atoms with E-state index in [-0.39, 0.29) is 7.43 Å². The SMILES string of the molecule is C.Clc1nc2cc(I)ccc2cc1Br.Nc1nc2cc(I)ccc2cc1Br. The van der Waals surface area contributed by atoms with Gasteiger partial charge in [0.2, 0.25) is 0 Å². The van der Waals surface area contributed by atoms with Gasteiger partial charge in [0, 0.05) is 17.9 Å². The van der Waals surface area contributed by atoms with Crippen molar-refractivity contribution in [3.63, 3.8) is 0 Å². The molecule has 0 saturated heterocycles. The van der Waals surface area contributed by atoms with Crippen LogP contribution >= 0.6 is 88.6 Å². The largest absolute Gasteiger partial charge is 0.383 e. The standard InChI is InChI=1S/C9H4BrClIN.C9H6BrIN2.CH4/c10-7-3-5-1-2-6(12)4-8(5)13-9(7)11;10-7-3-5-1-2-6(11)4-8(5)13-9(7)12;/h1-4H;1-4H,(H2,12,13);1H4. The molecule has 2 heterocycles. The average molecular weight is 733 g/mol. The Balaban J connectivity index is 0.000000187. The third-order valence-corrected chi connectivity index (χ3v) is 6.55. The Bertz CT molecular complexity index is 1030. The van der Waals surface area contributed by atoms with Crippen LogP contribution in [0.15, 0.2) is 57.5 Å². The van der Waals surface area contributed by atoms with Gasteiger partial charge in [-0.15, -0.1) is 0 Å². The molecule has 0 atom stereocenters. The van der Waals surface area contributed by atoms with Crippen LogP contribution < -0.4 is 5.73 Å². The van der Waals surface area contributed by atoms with Crippen LogP contribution in [0.3, 0.4) is 0 Å². The van der Waals surface area contributed by atoms with E-state index < -0.39 is 0 Å². The van der Waals surface area contributed by atoms with Gasteiger partial charge >= 0.3 is 0 Å². The van der Waals surface area contributed by atoms with Crippen molar-refractivity contribution < 1.29 is 0 Å². The summed E-state index contributed by atoms with van der Waals surface area (Å²) in [6.07, 6.45) is 0. The van der Waals surface area contributed by atoms with Gasteiger partial charge in [-0.25, -0.2) is 9.97 Å². The molecule has 3 nitrogen and oxygen atoms in total. The van der Waals surface area contributed by atoms with Gasteiger partial charge in [0.25, 0.3) is 0 Å². The second-order valence-electron chi connectivity index (χ2n) is 5.29. The average Bonchev–Trinajstić information content (AvgIpc) is 2.58. The Morgan fingerprint density at radius 2 is 1.26 bits per heavy atom. The molecule has 0 fully saturated rings. The Morgan fingerprint density at radius 1 is 0.778 bits per heavy atom. The van der Waals surface area contributed by atoms with Crippen molar-refractivity contribution in [3.05, 3.63) is 69.8 Å². The summed E-state index contributed by atoms with van der Waals surface area (Å²) >= 11 is 17.1. The quantitative estimate of drug-likeness (QED) is 0.147. The first-order valence-electron chi connectivity index (χ1n) is 7.26. The summed E-state index contributed by atoms with van der Waals surface area (Å²) in [5.74, 6) is 0.537. The summed E-state index contributed by atoms with van der Waals surface area (Å²) in [4.78, 5) is 8.51. The van der Waals surface area contributed by atoms with E-state index in [0.717, 1.165) is 34.3 Å². The second kappa shape index (κ2) is 10.00. The minimum atomic E-state index is 0. The molecule has 0 bridgehead atoms. The van der Waals surface area contributed by atoms with Crippen LogP contribution in [0.5, 0.6) is 0 Å². The molecule has 2 N–H and O–H groups in total. The normalized spacial score (nSPS) is 10.3. The third-order valence-electron chi connectivity index (χ3n) is 3.45. The van der Waals surface area contributed by atoms with Crippen molar-refractivity contribution >= 4 is 116 Å². The molecule has 0 unspecified atom stereocenters. The van der Waals surface area contributed by atoms with Crippen LogP contribution in [0.2, 0.25) is 5.15 Å². The lowest BCUT2D eigenvalue weighted by Gasteiger charge is -2.01. The van der Waals surface area contributed by atoms with Gasteiger partial charge in [0.05, 0.1) is 20.0 Å². The van der Waals surface area contributed by atoms with Gasteiger partial charge in [-0.1, -0.05) is 31.2 Å². The van der Waals surface area contributed by atoms with Crippen molar-refractivity contribution in [2.75, 3.05) is 5.73 Å². The molecule has 0 aliphatic carbocycles. The summed E-state index contributed by atoms with van der Waals surface area (Å²) in [6, 6.07) is 16.1. The number of hydrogen-bond donors (Lipinski definition) is 1. The smallest absolute Gasteiger partial charge is 0.143 e. The summed E-state index contributed by atoms with van der Waals surface area (Å²) in [6.45, 7) is 0. The van der Waals surface area contributed by atoms with Crippen molar-refractivity contribution in [3.8, 4) is 0 Å². The number of nitrogens with zero attached hydrogens (tertiary/aromatic N) is 2. The molecule has 27 heavy (non-hydrogen) atoms. The molecule has 2 aromatic heterocycles. The minimum absolute atomic E-state index is 0. The van der Waals surface area contributed by atoms with E-state index in [1.54, 1.807) is 0 Å². The fourth-order valence-electron chi connectivity index (χ4n) is 2.22. The highest BCUT2D eigenvalue weighted by Gasteiger charge is 2.02. The molecule has 0 radical (unpaired) electrons. The lowest BCUT2D eigenvalue weighted by molar-refractivity contribution is 1.38. The summed E-state index contributed by atoms with van der Waals surface area (Å²) in [5, 5.41) is 2.70. The van der Waals surface area contributed by atoms with E-state index in [1.165, 1.54) is 3.57 Å². The summed E-state index contributed by atoms with van der Waals surface area (Å²) < 4.78 is 4.01. The van der Waals surface area contributed by atoms with Crippen molar-refractivity contribution in [2.45, 2.75) is 7.43 Å². The van der Waals surface area contributed by atoms with Gasteiger partial charge in [-0.3, -0.25) is 0 Å². The number of benzene rings is 2. The lowest BCUT2D eigenvalue weighted by atomic mass is 10.2. The number of pyridine rings is 2. The van der Waals surface area contributed by atoms with Gasteiger partial charge in [0.1, 0.15) is 11.0 Å². The number of fused-ring (bicyclic) bond motifs is 2. The zero-order chi connectivity index (χ0) is 18.8. The van der Waals surface area contributed by atoms with Gasteiger partial charge in [0.15, 0.2) is 0 Å². The van der Waals surface area contributed by atoms with Crippen LogP contribution in [0.25, 0.3) is 21.8 Å². The van der Waals surface area contributed by atoms with E-state index in [1.807, 2.05) is 48.5 Å². The number of hydrogen-bond acceptors (Lipinski definition) is 3. The van der Waals surface area contributed by atoms with E-state index >= 15 is 0 Å². The fourth-order valence-corrected chi connectivity index (χ4v) is 3.99. The zero-order valence-electron chi connectivity index (χ0n) is 13.0. The molecular formula is C19H14Br2ClI2N3. The van der Waals surface area contributed by atoms with Crippen molar-refractivity contribution in [1.29, 1.82) is 0 Å². The molecule has 0 saturated carbocycles. The first-order valence-corrected chi connectivity index (χ1v) is 11.4. The molecule has 4 aromatic rings. The maximum absolute atomic E-state index is 5.88. The molecule has 4 rings (SSSR count). The van der Waals surface area contributed by atoms with Crippen LogP contribution in [0.4, 0.5) is 5.82 Å². The van der Waals surface area contributed by atoms with Crippen molar-refractivity contribution in [2.24, 2.45) is 0 Å². The first kappa shape index (κ1) is 23.1.